The lowest BCUT2D eigenvalue weighted by Crippen LogP contribution is -2.40. The third-order valence-corrected chi connectivity index (χ3v) is 4.86. The van der Waals surface area contributed by atoms with Crippen LogP contribution in [0.3, 0.4) is 0 Å². The van der Waals surface area contributed by atoms with Crippen molar-refractivity contribution in [1.82, 2.24) is 9.29 Å². The number of hydrogen-bond acceptors (Lipinski definition) is 4. The summed E-state index contributed by atoms with van der Waals surface area (Å²) in [5.41, 5.74) is 0.654. The minimum absolute atomic E-state index is 0.182. The van der Waals surface area contributed by atoms with Crippen LogP contribution in [0, 0.1) is 6.92 Å². The van der Waals surface area contributed by atoms with E-state index in [1.165, 1.54) is 10.5 Å². The van der Waals surface area contributed by atoms with Crippen molar-refractivity contribution in [3.63, 3.8) is 0 Å². The molecule has 94 valence electrons. The Kier molecular flexibility index (Phi) is 3.67. The number of pyridine rings is 1. The molecule has 0 N–H and O–H groups in total. The SMILES string of the molecule is Cc1cc(S(=O)(=O)N2CCOCC2)cnc1Cl. The highest BCUT2D eigenvalue weighted by Gasteiger charge is 2.26. The van der Waals surface area contributed by atoms with Crippen LogP contribution in [-0.4, -0.2) is 44.0 Å². The summed E-state index contributed by atoms with van der Waals surface area (Å²) in [5, 5.41) is 0.325. The maximum absolute atomic E-state index is 12.2. The molecule has 0 atom stereocenters. The summed E-state index contributed by atoms with van der Waals surface area (Å²) in [4.78, 5) is 4.05. The first-order chi connectivity index (χ1) is 8.01. The number of aromatic nitrogens is 1. The van der Waals surface area contributed by atoms with Crippen LogP contribution in [-0.2, 0) is 14.8 Å². The molecule has 1 fully saturated rings. The van der Waals surface area contributed by atoms with E-state index in [1.807, 2.05) is 0 Å². The zero-order valence-corrected chi connectivity index (χ0v) is 11.0. The van der Waals surface area contributed by atoms with Gasteiger partial charge in [-0.3, -0.25) is 0 Å². The lowest BCUT2D eigenvalue weighted by Gasteiger charge is -2.26. The molecule has 1 aromatic rings. The molecule has 0 unspecified atom stereocenters. The average Bonchev–Trinajstić information content (AvgIpc) is 2.33. The highest BCUT2D eigenvalue weighted by atomic mass is 35.5. The van der Waals surface area contributed by atoms with E-state index in [-0.39, 0.29) is 4.90 Å². The van der Waals surface area contributed by atoms with Gasteiger partial charge in [-0.2, -0.15) is 4.31 Å². The van der Waals surface area contributed by atoms with Gasteiger partial charge in [0.2, 0.25) is 10.0 Å². The number of halogens is 1. The Morgan fingerprint density at radius 3 is 2.65 bits per heavy atom. The lowest BCUT2D eigenvalue weighted by atomic mass is 10.3. The summed E-state index contributed by atoms with van der Waals surface area (Å²) in [7, 11) is -3.47. The lowest BCUT2D eigenvalue weighted by molar-refractivity contribution is 0.0730. The second kappa shape index (κ2) is 4.89. The molecule has 0 aliphatic carbocycles. The van der Waals surface area contributed by atoms with Gasteiger partial charge in [-0.1, -0.05) is 11.6 Å². The van der Waals surface area contributed by atoms with Crippen LogP contribution in [0.25, 0.3) is 0 Å². The van der Waals surface area contributed by atoms with Crippen molar-refractivity contribution in [3.05, 3.63) is 23.0 Å². The van der Waals surface area contributed by atoms with Gasteiger partial charge in [0.25, 0.3) is 0 Å². The Balaban J connectivity index is 2.33. The molecule has 2 heterocycles. The fourth-order valence-electron chi connectivity index (χ4n) is 1.61. The number of aryl methyl sites for hydroxylation is 1. The number of ether oxygens (including phenoxy) is 1. The molecule has 1 aromatic heterocycles. The monoisotopic (exact) mass is 276 g/mol. The summed E-state index contributed by atoms with van der Waals surface area (Å²) in [6.45, 7) is 3.35. The summed E-state index contributed by atoms with van der Waals surface area (Å²) < 4.78 is 31.0. The third-order valence-electron chi connectivity index (χ3n) is 2.60. The molecule has 0 aromatic carbocycles. The van der Waals surface area contributed by atoms with Gasteiger partial charge in [0.05, 0.1) is 13.2 Å². The van der Waals surface area contributed by atoms with E-state index in [0.29, 0.717) is 37.0 Å². The number of rotatable bonds is 2. The normalized spacial score (nSPS) is 18.2. The van der Waals surface area contributed by atoms with Crippen LogP contribution in [0.5, 0.6) is 0 Å². The molecule has 1 saturated heterocycles. The van der Waals surface area contributed by atoms with Crippen molar-refractivity contribution in [1.29, 1.82) is 0 Å². The zero-order valence-electron chi connectivity index (χ0n) is 9.39. The molecule has 2 rings (SSSR count). The summed E-state index contributed by atoms with van der Waals surface area (Å²) in [6.07, 6.45) is 1.29. The predicted molar refractivity (Wildman–Crippen MR) is 63.6 cm³/mol. The minimum Gasteiger partial charge on any atom is -0.379 e. The molecule has 17 heavy (non-hydrogen) atoms. The Hall–Kier alpha value is -0.690. The molecule has 0 amide bonds. The van der Waals surface area contributed by atoms with Crippen LogP contribution in [0.2, 0.25) is 5.15 Å². The predicted octanol–water partition coefficient (Wildman–Crippen LogP) is 1.06. The summed E-state index contributed by atoms with van der Waals surface area (Å²) in [6, 6.07) is 1.54. The van der Waals surface area contributed by atoms with E-state index in [1.54, 1.807) is 13.0 Å². The van der Waals surface area contributed by atoms with E-state index < -0.39 is 10.0 Å². The Bertz CT molecular complexity index is 512. The first-order valence-electron chi connectivity index (χ1n) is 5.22. The van der Waals surface area contributed by atoms with Crippen LogP contribution < -0.4 is 0 Å². The molecule has 0 bridgehead atoms. The standard InChI is InChI=1S/C10H13ClN2O3S/c1-8-6-9(7-12-10(8)11)17(14,15)13-2-4-16-5-3-13/h6-7H,2-5H2,1H3. The molecular formula is C10H13ClN2O3S. The van der Waals surface area contributed by atoms with Crippen molar-refractivity contribution in [3.8, 4) is 0 Å². The highest BCUT2D eigenvalue weighted by Crippen LogP contribution is 2.20. The van der Waals surface area contributed by atoms with Crippen LogP contribution in [0.15, 0.2) is 17.2 Å². The number of nitrogens with zero attached hydrogens (tertiary/aromatic N) is 2. The molecule has 0 saturated carbocycles. The topological polar surface area (TPSA) is 59.5 Å². The Morgan fingerprint density at radius 1 is 1.41 bits per heavy atom. The molecule has 1 aliphatic rings. The number of morpholine rings is 1. The largest absolute Gasteiger partial charge is 0.379 e. The smallest absolute Gasteiger partial charge is 0.244 e. The number of hydrogen-bond donors (Lipinski definition) is 0. The first-order valence-corrected chi connectivity index (χ1v) is 7.03. The van der Waals surface area contributed by atoms with Crippen LogP contribution in [0.1, 0.15) is 5.56 Å². The van der Waals surface area contributed by atoms with Crippen molar-refractivity contribution < 1.29 is 13.2 Å². The molecule has 0 radical (unpaired) electrons. The van der Waals surface area contributed by atoms with E-state index >= 15 is 0 Å². The van der Waals surface area contributed by atoms with Gasteiger partial charge in [-0.15, -0.1) is 0 Å². The zero-order chi connectivity index (χ0) is 12.5. The maximum atomic E-state index is 12.2. The quantitative estimate of drug-likeness (QED) is 0.758. The average molecular weight is 277 g/mol. The molecule has 5 nitrogen and oxygen atoms in total. The first kappa shape index (κ1) is 12.8. The van der Waals surface area contributed by atoms with Crippen LogP contribution >= 0.6 is 11.6 Å². The second-order valence-electron chi connectivity index (χ2n) is 3.80. The van der Waals surface area contributed by atoms with Crippen molar-refractivity contribution in [2.24, 2.45) is 0 Å². The van der Waals surface area contributed by atoms with E-state index in [2.05, 4.69) is 4.98 Å². The summed E-state index contributed by atoms with van der Waals surface area (Å²) >= 11 is 5.78. The van der Waals surface area contributed by atoms with Gasteiger partial charge < -0.3 is 4.74 Å². The van der Waals surface area contributed by atoms with Crippen LogP contribution in [0.4, 0.5) is 0 Å². The van der Waals surface area contributed by atoms with E-state index in [4.69, 9.17) is 16.3 Å². The van der Waals surface area contributed by atoms with E-state index in [0.717, 1.165) is 0 Å². The van der Waals surface area contributed by atoms with E-state index in [9.17, 15) is 8.42 Å². The van der Waals surface area contributed by atoms with Gasteiger partial charge in [0.1, 0.15) is 10.0 Å². The van der Waals surface area contributed by atoms with Gasteiger partial charge in [-0.25, -0.2) is 13.4 Å². The molecule has 1 aliphatic heterocycles. The van der Waals surface area contributed by atoms with Crippen molar-refractivity contribution in [2.45, 2.75) is 11.8 Å². The molecule has 7 heteroatoms. The fraction of sp³-hybridized carbons (Fsp3) is 0.500. The van der Waals surface area contributed by atoms with Gasteiger partial charge in [0.15, 0.2) is 0 Å². The highest BCUT2D eigenvalue weighted by molar-refractivity contribution is 7.89. The molecular weight excluding hydrogens is 264 g/mol. The van der Waals surface area contributed by atoms with Gasteiger partial charge >= 0.3 is 0 Å². The number of sulfonamides is 1. The summed E-state index contributed by atoms with van der Waals surface area (Å²) in [5.74, 6) is 0. The fourth-order valence-corrected chi connectivity index (χ4v) is 3.15. The Morgan fingerprint density at radius 2 is 2.06 bits per heavy atom. The second-order valence-corrected chi connectivity index (χ2v) is 6.09. The van der Waals surface area contributed by atoms with Gasteiger partial charge in [0, 0.05) is 19.3 Å². The molecule has 0 spiro atoms. The van der Waals surface area contributed by atoms with Crippen molar-refractivity contribution in [2.75, 3.05) is 26.3 Å². The Labute approximate surface area is 105 Å². The maximum Gasteiger partial charge on any atom is 0.244 e. The minimum atomic E-state index is -3.47. The third kappa shape index (κ3) is 2.60. The van der Waals surface area contributed by atoms with Gasteiger partial charge in [-0.05, 0) is 18.6 Å². The van der Waals surface area contributed by atoms with Crippen molar-refractivity contribution >= 4 is 21.6 Å².